The van der Waals surface area contributed by atoms with Crippen molar-refractivity contribution >= 4 is 33.4 Å². The lowest BCUT2D eigenvalue weighted by molar-refractivity contribution is -0.141. The van der Waals surface area contributed by atoms with Gasteiger partial charge in [-0.05, 0) is 30.7 Å². The zero-order valence-electron chi connectivity index (χ0n) is 13.4. The molecule has 0 unspecified atom stereocenters. The molecule has 0 saturated carbocycles. The fourth-order valence-electron chi connectivity index (χ4n) is 2.41. The number of para-hydroxylation sites is 1. The molecule has 0 aliphatic rings. The molecule has 0 aliphatic carbocycles. The topological polar surface area (TPSA) is 60.7 Å². The average Bonchev–Trinajstić information content (AvgIpc) is 2.92. The molecule has 1 heterocycles. The lowest BCUT2D eigenvalue weighted by atomic mass is 10.1. The number of ether oxygens (including phenoxy) is 1. The van der Waals surface area contributed by atoms with Gasteiger partial charge in [-0.15, -0.1) is 0 Å². The second kappa shape index (κ2) is 6.80. The summed E-state index contributed by atoms with van der Waals surface area (Å²) in [6, 6.07) is 14.9. The summed E-state index contributed by atoms with van der Waals surface area (Å²) in [7, 11) is 1.34. The van der Waals surface area contributed by atoms with Crippen LogP contribution < -0.4 is 4.80 Å². The molecule has 1 amide bonds. The van der Waals surface area contributed by atoms with Crippen LogP contribution in [0, 0.1) is 6.92 Å². The summed E-state index contributed by atoms with van der Waals surface area (Å²) >= 11 is 1.37. The molecule has 1 aromatic heterocycles. The Labute approximate surface area is 142 Å². The number of fused-ring (bicyclic) bond motifs is 1. The van der Waals surface area contributed by atoms with Gasteiger partial charge in [0.15, 0.2) is 4.80 Å². The Bertz CT molecular complexity index is 985. The van der Waals surface area contributed by atoms with Gasteiger partial charge in [0, 0.05) is 5.56 Å². The van der Waals surface area contributed by atoms with Crippen LogP contribution in [0.4, 0.5) is 0 Å². The number of thiazole rings is 1. The molecule has 2 aromatic carbocycles. The number of carbonyl (C=O) groups is 2. The van der Waals surface area contributed by atoms with Crippen molar-refractivity contribution < 1.29 is 14.3 Å². The molecular formula is C18H16N2O3S. The number of benzene rings is 2. The van der Waals surface area contributed by atoms with E-state index in [0.29, 0.717) is 10.4 Å². The van der Waals surface area contributed by atoms with Gasteiger partial charge >= 0.3 is 5.97 Å². The summed E-state index contributed by atoms with van der Waals surface area (Å²) in [5, 5.41) is 0. The maximum Gasteiger partial charge on any atom is 0.325 e. The lowest BCUT2D eigenvalue weighted by Crippen LogP contribution is -2.22. The second-order valence-electron chi connectivity index (χ2n) is 5.25. The smallest absolute Gasteiger partial charge is 0.325 e. The van der Waals surface area contributed by atoms with Gasteiger partial charge in [-0.25, -0.2) is 0 Å². The van der Waals surface area contributed by atoms with E-state index in [4.69, 9.17) is 4.74 Å². The predicted octanol–water partition coefficient (Wildman–Crippen LogP) is 2.93. The molecule has 122 valence electrons. The van der Waals surface area contributed by atoms with E-state index in [1.165, 1.54) is 18.4 Å². The van der Waals surface area contributed by atoms with Crippen LogP contribution >= 0.6 is 11.3 Å². The minimum atomic E-state index is -0.386. The first-order valence-corrected chi connectivity index (χ1v) is 8.21. The van der Waals surface area contributed by atoms with Crippen LogP contribution in [0.15, 0.2) is 53.5 Å². The molecular weight excluding hydrogens is 324 g/mol. The van der Waals surface area contributed by atoms with Gasteiger partial charge < -0.3 is 9.30 Å². The van der Waals surface area contributed by atoms with Crippen LogP contribution in [-0.4, -0.2) is 23.6 Å². The molecule has 0 radical (unpaired) electrons. The monoisotopic (exact) mass is 340 g/mol. The van der Waals surface area contributed by atoms with Crippen molar-refractivity contribution in [2.45, 2.75) is 13.5 Å². The molecule has 0 atom stereocenters. The first-order chi connectivity index (χ1) is 11.6. The van der Waals surface area contributed by atoms with E-state index in [0.717, 1.165) is 15.8 Å². The highest BCUT2D eigenvalue weighted by Gasteiger charge is 2.12. The normalized spacial score (nSPS) is 11.7. The van der Waals surface area contributed by atoms with E-state index in [9.17, 15) is 9.59 Å². The summed E-state index contributed by atoms with van der Waals surface area (Å²) in [5.74, 6) is -0.707. The zero-order valence-corrected chi connectivity index (χ0v) is 14.2. The van der Waals surface area contributed by atoms with Crippen molar-refractivity contribution in [2.75, 3.05) is 7.11 Å². The van der Waals surface area contributed by atoms with Crippen molar-refractivity contribution in [3.05, 3.63) is 64.5 Å². The first-order valence-electron chi connectivity index (χ1n) is 7.40. The maximum absolute atomic E-state index is 12.5. The van der Waals surface area contributed by atoms with Crippen molar-refractivity contribution in [1.82, 2.24) is 4.57 Å². The quantitative estimate of drug-likeness (QED) is 0.689. The van der Waals surface area contributed by atoms with Gasteiger partial charge in [-0.3, -0.25) is 9.59 Å². The van der Waals surface area contributed by atoms with Crippen molar-refractivity contribution in [3.63, 3.8) is 0 Å². The number of methoxy groups -OCH3 is 1. The summed E-state index contributed by atoms with van der Waals surface area (Å²) in [4.78, 5) is 29.0. The molecule has 5 nitrogen and oxygen atoms in total. The van der Waals surface area contributed by atoms with Gasteiger partial charge in [0.05, 0.1) is 17.3 Å². The van der Waals surface area contributed by atoms with Crippen molar-refractivity contribution in [2.24, 2.45) is 4.99 Å². The Morgan fingerprint density at radius 2 is 1.83 bits per heavy atom. The SMILES string of the molecule is COC(=O)Cn1c(=NC(=O)c2ccccc2C)sc2ccccc21. The van der Waals surface area contributed by atoms with Gasteiger partial charge in [0.2, 0.25) is 0 Å². The highest BCUT2D eigenvalue weighted by molar-refractivity contribution is 7.16. The minimum absolute atomic E-state index is 0.0143. The molecule has 0 saturated heterocycles. The largest absolute Gasteiger partial charge is 0.468 e. The molecule has 6 heteroatoms. The number of rotatable bonds is 3. The Hall–Kier alpha value is -2.73. The number of aryl methyl sites for hydroxylation is 1. The average molecular weight is 340 g/mol. The van der Waals surface area contributed by atoms with Crippen LogP contribution in [0.5, 0.6) is 0 Å². The summed E-state index contributed by atoms with van der Waals surface area (Å²) < 4.78 is 7.42. The number of carbonyl (C=O) groups excluding carboxylic acids is 2. The second-order valence-corrected chi connectivity index (χ2v) is 6.26. The predicted molar refractivity (Wildman–Crippen MR) is 92.9 cm³/mol. The third-order valence-electron chi connectivity index (χ3n) is 3.68. The Morgan fingerprint density at radius 1 is 1.12 bits per heavy atom. The Kier molecular flexibility index (Phi) is 4.57. The molecule has 0 fully saturated rings. The molecule has 0 N–H and O–H groups in total. The van der Waals surface area contributed by atoms with Crippen molar-refractivity contribution in [1.29, 1.82) is 0 Å². The van der Waals surface area contributed by atoms with Crippen LogP contribution in [0.3, 0.4) is 0 Å². The van der Waals surface area contributed by atoms with E-state index in [-0.39, 0.29) is 18.4 Å². The third-order valence-corrected chi connectivity index (χ3v) is 4.74. The van der Waals surface area contributed by atoms with Crippen LogP contribution in [-0.2, 0) is 16.1 Å². The number of amides is 1. The molecule has 3 rings (SSSR count). The fraction of sp³-hybridized carbons (Fsp3) is 0.167. The first kappa shape index (κ1) is 16.1. The van der Waals surface area contributed by atoms with E-state index < -0.39 is 0 Å². The van der Waals surface area contributed by atoms with Crippen LogP contribution in [0.25, 0.3) is 10.2 Å². The van der Waals surface area contributed by atoms with E-state index >= 15 is 0 Å². The number of nitrogens with zero attached hydrogens (tertiary/aromatic N) is 2. The number of hydrogen-bond donors (Lipinski definition) is 0. The third kappa shape index (κ3) is 3.14. The number of hydrogen-bond acceptors (Lipinski definition) is 4. The van der Waals surface area contributed by atoms with Gasteiger partial charge in [-0.1, -0.05) is 41.7 Å². The highest BCUT2D eigenvalue weighted by Crippen LogP contribution is 2.17. The van der Waals surface area contributed by atoms with Crippen LogP contribution in [0.1, 0.15) is 15.9 Å². The highest BCUT2D eigenvalue weighted by atomic mass is 32.1. The number of aromatic nitrogens is 1. The zero-order chi connectivity index (χ0) is 17.1. The standard InChI is InChI=1S/C18H16N2O3S/c1-12-7-3-4-8-13(12)17(22)19-18-20(11-16(21)23-2)14-9-5-6-10-15(14)24-18/h3-10H,11H2,1-2H3. The minimum Gasteiger partial charge on any atom is -0.468 e. The van der Waals surface area contributed by atoms with Gasteiger partial charge in [0.25, 0.3) is 5.91 Å². The molecule has 0 aliphatic heterocycles. The summed E-state index contributed by atoms with van der Waals surface area (Å²) in [6.45, 7) is 1.89. The molecule has 0 spiro atoms. The van der Waals surface area contributed by atoms with E-state index in [1.807, 2.05) is 49.4 Å². The Morgan fingerprint density at radius 3 is 2.58 bits per heavy atom. The molecule has 24 heavy (non-hydrogen) atoms. The van der Waals surface area contributed by atoms with Gasteiger partial charge in [-0.2, -0.15) is 4.99 Å². The van der Waals surface area contributed by atoms with Gasteiger partial charge in [0.1, 0.15) is 6.54 Å². The van der Waals surface area contributed by atoms with E-state index in [2.05, 4.69) is 4.99 Å². The summed E-state index contributed by atoms with van der Waals surface area (Å²) in [6.07, 6.45) is 0. The molecule has 0 bridgehead atoms. The van der Waals surface area contributed by atoms with E-state index in [1.54, 1.807) is 10.6 Å². The summed E-state index contributed by atoms with van der Waals surface area (Å²) in [5.41, 5.74) is 2.27. The van der Waals surface area contributed by atoms with Crippen molar-refractivity contribution in [3.8, 4) is 0 Å². The molecule has 3 aromatic rings. The fourth-order valence-corrected chi connectivity index (χ4v) is 3.44. The lowest BCUT2D eigenvalue weighted by Gasteiger charge is -2.04. The maximum atomic E-state index is 12.5. The van der Waals surface area contributed by atoms with Crippen LogP contribution in [0.2, 0.25) is 0 Å². The number of esters is 1. The Balaban J connectivity index is 2.14.